The summed E-state index contributed by atoms with van der Waals surface area (Å²) in [5.74, 6) is -0.119. The van der Waals surface area contributed by atoms with E-state index >= 15 is 0 Å². The zero-order chi connectivity index (χ0) is 11.6. The average Bonchev–Trinajstić information content (AvgIpc) is 2.16. The Hall–Kier alpha value is -0.940. The third kappa shape index (κ3) is 2.76. The largest absolute Gasteiger partial charge is 0.298 e. The Morgan fingerprint density at radius 3 is 2.67 bits per heavy atom. The van der Waals surface area contributed by atoms with E-state index in [1.54, 1.807) is 6.07 Å². The van der Waals surface area contributed by atoms with Crippen molar-refractivity contribution >= 4 is 39.0 Å². The van der Waals surface area contributed by atoms with Gasteiger partial charge < -0.3 is 0 Å². The Balaban J connectivity index is 3.18. The summed E-state index contributed by atoms with van der Waals surface area (Å²) in [6, 6.07) is 4.28. The number of nitrogens with zero attached hydrogens (tertiary/aromatic N) is 1. The van der Waals surface area contributed by atoms with Crippen LogP contribution in [-0.2, 0) is 4.79 Å². The highest BCUT2D eigenvalue weighted by Crippen LogP contribution is 2.31. The molecule has 0 aromatic heterocycles. The first-order chi connectivity index (χ1) is 6.93. The molecule has 0 aliphatic heterocycles. The van der Waals surface area contributed by atoms with Crippen molar-refractivity contribution < 1.29 is 9.72 Å². The van der Waals surface area contributed by atoms with Crippen LogP contribution in [-0.4, -0.2) is 10.7 Å². The van der Waals surface area contributed by atoms with Crippen molar-refractivity contribution in [3.8, 4) is 0 Å². The SMILES string of the molecule is CC(=O)C(Br)c1ccc(Cl)c([N+](=O)[O-])c1. The second-order valence-corrected chi connectivity index (χ2v) is 4.26. The van der Waals surface area contributed by atoms with Crippen molar-refractivity contribution in [2.75, 3.05) is 0 Å². The highest BCUT2D eigenvalue weighted by atomic mass is 79.9. The van der Waals surface area contributed by atoms with E-state index in [9.17, 15) is 14.9 Å². The van der Waals surface area contributed by atoms with Gasteiger partial charge in [0.25, 0.3) is 5.69 Å². The van der Waals surface area contributed by atoms with Gasteiger partial charge in [-0.2, -0.15) is 0 Å². The molecule has 0 N–H and O–H groups in total. The standard InChI is InChI=1S/C9H7BrClNO3/c1-5(13)9(10)6-2-3-7(11)8(4-6)12(14)15/h2-4,9H,1H3. The van der Waals surface area contributed by atoms with Crippen molar-refractivity contribution in [1.29, 1.82) is 0 Å². The predicted molar refractivity (Wildman–Crippen MR) is 60.5 cm³/mol. The van der Waals surface area contributed by atoms with Gasteiger partial charge in [0.2, 0.25) is 0 Å². The lowest BCUT2D eigenvalue weighted by atomic mass is 10.1. The van der Waals surface area contributed by atoms with Gasteiger partial charge in [0.05, 0.1) is 9.75 Å². The van der Waals surface area contributed by atoms with Crippen molar-refractivity contribution in [3.63, 3.8) is 0 Å². The number of carbonyl (C=O) groups is 1. The number of nitro groups is 1. The molecule has 4 nitrogen and oxygen atoms in total. The van der Waals surface area contributed by atoms with E-state index in [1.807, 2.05) is 0 Å². The van der Waals surface area contributed by atoms with Crippen LogP contribution < -0.4 is 0 Å². The quantitative estimate of drug-likeness (QED) is 0.488. The molecule has 6 heteroatoms. The van der Waals surface area contributed by atoms with Crippen LogP contribution in [0.25, 0.3) is 0 Å². The van der Waals surface area contributed by atoms with E-state index < -0.39 is 9.75 Å². The fourth-order valence-corrected chi connectivity index (χ4v) is 1.53. The maximum absolute atomic E-state index is 11.1. The highest BCUT2D eigenvalue weighted by molar-refractivity contribution is 9.09. The van der Waals surface area contributed by atoms with Gasteiger partial charge in [-0.15, -0.1) is 0 Å². The molecule has 0 bridgehead atoms. The van der Waals surface area contributed by atoms with Crippen molar-refractivity contribution in [2.45, 2.75) is 11.8 Å². The Kier molecular flexibility index (Phi) is 3.82. The molecule has 1 aromatic rings. The number of benzene rings is 1. The molecule has 0 spiro atoms. The average molecular weight is 293 g/mol. The van der Waals surface area contributed by atoms with Crippen LogP contribution >= 0.6 is 27.5 Å². The molecular weight excluding hydrogens is 285 g/mol. The third-order valence-corrected chi connectivity index (χ3v) is 3.31. The lowest BCUT2D eigenvalue weighted by molar-refractivity contribution is -0.384. The number of alkyl halides is 1. The summed E-state index contributed by atoms with van der Waals surface area (Å²) in [5.41, 5.74) is 0.332. The second-order valence-electron chi connectivity index (χ2n) is 2.94. The van der Waals surface area contributed by atoms with Gasteiger partial charge in [0.15, 0.2) is 0 Å². The van der Waals surface area contributed by atoms with Gasteiger partial charge in [-0.3, -0.25) is 14.9 Å². The molecule has 0 saturated carbocycles. The van der Waals surface area contributed by atoms with Crippen LogP contribution in [0, 0.1) is 10.1 Å². The first kappa shape index (κ1) is 12.1. The molecule has 0 amide bonds. The fraction of sp³-hybridized carbons (Fsp3) is 0.222. The summed E-state index contributed by atoms with van der Waals surface area (Å²) in [4.78, 5) is 20.5. The molecular formula is C9H7BrClNO3. The summed E-state index contributed by atoms with van der Waals surface area (Å²) in [6.07, 6.45) is 0. The van der Waals surface area contributed by atoms with E-state index in [0.29, 0.717) is 5.56 Å². The maximum Gasteiger partial charge on any atom is 0.288 e. The summed E-state index contributed by atoms with van der Waals surface area (Å²) in [7, 11) is 0. The maximum atomic E-state index is 11.1. The molecule has 1 rings (SSSR count). The number of nitro benzene ring substituents is 1. The zero-order valence-corrected chi connectivity index (χ0v) is 10.1. The Labute approximate surface area is 99.5 Å². The minimum atomic E-state index is -0.578. The minimum Gasteiger partial charge on any atom is -0.298 e. The zero-order valence-electron chi connectivity index (χ0n) is 7.74. The van der Waals surface area contributed by atoms with Gasteiger partial charge >= 0.3 is 0 Å². The topological polar surface area (TPSA) is 60.2 Å². The molecule has 1 aromatic carbocycles. The molecule has 1 unspecified atom stereocenters. The van der Waals surface area contributed by atoms with E-state index in [-0.39, 0.29) is 16.5 Å². The van der Waals surface area contributed by atoms with Crippen molar-refractivity contribution in [2.24, 2.45) is 0 Å². The number of carbonyl (C=O) groups excluding carboxylic acids is 1. The fourth-order valence-electron chi connectivity index (χ4n) is 1.06. The molecule has 0 heterocycles. The van der Waals surface area contributed by atoms with Gasteiger partial charge in [0, 0.05) is 6.07 Å². The van der Waals surface area contributed by atoms with E-state index in [4.69, 9.17) is 11.6 Å². The van der Waals surface area contributed by atoms with Crippen molar-refractivity contribution in [3.05, 3.63) is 38.9 Å². The Bertz CT molecular complexity index is 422. The van der Waals surface area contributed by atoms with Gasteiger partial charge in [0.1, 0.15) is 10.8 Å². The minimum absolute atomic E-state index is 0.0620. The van der Waals surface area contributed by atoms with Crippen molar-refractivity contribution in [1.82, 2.24) is 0 Å². The summed E-state index contributed by atoms with van der Waals surface area (Å²) in [5, 5.41) is 10.6. The van der Waals surface area contributed by atoms with E-state index in [0.717, 1.165) is 0 Å². The van der Waals surface area contributed by atoms with Crippen LogP contribution in [0.3, 0.4) is 0 Å². The van der Waals surface area contributed by atoms with Crippen LogP contribution in [0.4, 0.5) is 5.69 Å². The second kappa shape index (κ2) is 4.72. The molecule has 1 atom stereocenters. The number of rotatable bonds is 3. The summed E-state index contributed by atoms with van der Waals surface area (Å²) < 4.78 is 0. The summed E-state index contributed by atoms with van der Waals surface area (Å²) in [6.45, 7) is 1.40. The smallest absolute Gasteiger partial charge is 0.288 e. The van der Waals surface area contributed by atoms with Gasteiger partial charge in [-0.05, 0) is 18.6 Å². The third-order valence-electron chi connectivity index (χ3n) is 1.82. The lowest BCUT2D eigenvalue weighted by Gasteiger charge is -2.06. The number of Topliss-reactive ketones (excluding diaryl/α,β-unsaturated/α-hetero) is 1. The van der Waals surface area contributed by atoms with Gasteiger partial charge in [-0.1, -0.05) is 33.6 Å². The number of hydrogen-bond donors (Lipinski definition) is 0. The summed E-state index contributed by atoms with van der Waals surface area (Å²) >= 11 is 8.78. The van der Waals surface area contributed by atoms with Gasteiger partial charge in [-0.25, -0.2) is 0 Å². The lowest BCUT2D eigenvalue weighted by Crippen LogP contribution is -2.01. The number of halogens is 2. The number of hydrogen-bond acceptors (Lipinski definition) is 3. The molecule has 80 valence electrons. The Morgan fingerprint density at radius 1 is 1.60 bits per heavy atom. The van der Waals surface area contributed by atoms with Crippen LogP contribution in [0.5, 0.6) is 0 Å². The first-order valence-corrected chi connectivity index (χ1v) is 5.31. The molecule has 15 heavy (non-hydrogen) atoms. The van der Waals surface area contributed by atoms with E-state index in [1.165, 1.54) is 19.1 Å². The monoisotopic (exact) mass is 291 g/mol. The van der Waals surface area contributed by atoms with Crippen LogP contribution in [0.1, 0.15) is 17.3 Å². The normalized spacial score (nSPS) is 12.2. The predicted octanol–water partition coefficient (Wildman–Crippen LogP) is 3.27. The first-order valence-electron chi connectivity index (χ1n) is 4.02. The molecule has 0 radical (unpaired) electrons. The molecule has 0 saturated heterocycles. The van der Waals surface area contributed by atoms with E-state index in [2.05, 4.69) is 15.9 Å². The Morgan fingerprint density at radius 2 is 2.20 bits per heavy atom. The highest BCUT2D eigenvalue weighted by Gasteiger charge is 2.18. The van der Waals surface area contributed by atoms with Crippen LogP contribution in [0.2, 0.25) is 5.02 Å². The van der Waals surface area contributed by atoms with Crippen LogP contribution in [0.15, 0.2) is 18.2 Å². The molecule has 0 aliphatic carbocycles. The number of ketones is 1. The molecule has 0 fully saturated rings. The molecule has 0 aliphatic rings.